The van der Waals surface area contributed by atoms with Gasteiger partial charge in [0, 0.05) is 24.3 Å². The first-order valence-electron chi connectivity index (χ1n) is 14.9. The van der Waals surface area contributed by atoms with Gasteiger partial charge in [-0.15, -0.1) is 0 Å². The maximum atomic E-state index is 13.3. The van der Waals surface area contributed by atoms with E-state index in [0.29, 0.717) is 27.9 Å². The predicted molar refractivity (Wildman–Crippen MR) is 171 cm³/mol. The number of ether oxygens (including phenoxy) is 1. The second-order valence-electron chi connectivity index (χ2n) is 10.6. The number of benzene rings is 4. The number of carbonyl (C=O) groups is 4. The van der Waals surface area contributed by atoms with Crippen LogP contribution in [0.2, 0.25) is 0 Å². The molecule has 11 heteroatoms. The molecule has 8 nitrogen and oxygen atoms in total. The average Bonchev–Trinajstić information content (AvgIpc) is 3.06. The Morgan fingerprint density at radius 1 is 0.681 bits per heavy atom. The molecular weight excluding hydrogens is 611 g/mol. The number of nitrogens with one attached hydrogen (secondary N) is 3. The molecule has 0 aliphatic rings. The summed E-state index contributed by atoms with van der Waals surface area (Å²) >= 11 is 0. The van der Waals surface area contributed by atoms with Crippen LogP contribution in [0.4, 0.5) is 18.9 Å². The molecule has 4 aromatic rings. The van der Waals surface area contributed by atoms with Crippen LogP contribution < -0.4 is 16.0 Å². The number of carbonyl (C=O) groups excluding carboxylic acids is 4. The summed E-state index contributed by atoms with van der Waals surface area (Å²) in [5, 5.41) is 8.14. The van der Waals surface area contributed by atoms with Crippen LogP contribution in [0.3, 0.4) is 0 Å². The van der Waals surface area contributed by atoms with E-state index in [1.165, 1.54) is 12.1 Å². The smallest absolute Gasteiger partial charge is 0.416 e. The van der Waals surface area contributed by atoms with Crippen molar-refractivity contribution in [1.82, 2.24) is 10.6 Å². The van der Waals surface area contributed by atoms with Crippen molar-refractivity contribution in [2.24, 2.45) is 0 Å². The quantitative estimate of drug-likeness (QED) is 0.131. The first kappa shape index (κ1) is 34.4. The topological polar surface area (TPSA) is 114 Å². The molecule has 0 saturated carbocycles. The van der Waals surface area contributed by atoms with Crippen molar-refractivity contribution in [3.05, 3.63) is 125 Å². The van der Waals surface area contributed by atoms with Crippen molar-refractivity contribution in [3.63, 3.8) is 0 Å². The molecule has 0 saturated heterocycles. The van der Waals surface area contributed by atoms with E-state index in [-0.39, 0.29) is 25.1 Å². The van der Waals surface area contributed by atoms with Gasteiger partial charge in [0.15, 0.2) is 5.41 Å². The Hall–Kier alpha value is -5.45. The minimum atomic E-state index is -4.47. The summed E-state index contributed by atoms with van der Waals surface area (Å²) < 4.78 is 44.6. The van der Waals surface area contributed by atoms with Crippen LogP contribution in [0.25, 0.3) is 11.1 Å². The van der Waals surface area contributed by atoms with Crippen LogP contribution in [-0.4, -0.2) is 43.4 Å². The Bertz CT molecular complexity index is 1690. The molecule has 3 amide bonds. The van der Waals surface area contributed by atoms with Crippen LogP contribution >= 0.6 is 0 Å². The van der Waals surface area contributed by atoms with E-state index in [1.54, 1.807) is 92.7 Å². The van der Waals surface area contributed by atoms with Gasteiger partial charge in [-0.05, 0) is 66.4 Å². The third kappa shape index (κ3) is 8.23. The minimum Gasteiger partial charge on any atom is -0.463 e. The number of hydrogen-bond acceptors (Lipinski definition) is 5. The van der Waals surface area contributed by atoms with Crippen molar-refractivity contribution in [2.75, 3.05) is 25.0 Å². The molecule has 0 aliphatic heterocycles. The Labute approximate surface area is 270 Å². The lowest BCUT2D eigenvalue weighted by Crippen LogP contribution is -2.57. The zero-order chi connectivity index (χ0) is 34.0. The first-order valence-corrected chi connectivity index (χ1v) is 14.9. The molecule has 4 rings (SSSR count). The molecule has 0 heterocycles. The third-order valence-electron chi connectivity index (χ3n) is 7.42. The number of likely N-dealkylation sites (N-methyl/N-ethyl adjacent to an activating group) is 2. The van der Waals surface area contributed by atoms with Crippen molar-refractivity contribution in [2.45, 2.75) is 31.9 Å². The van der Waals surface area contributed by atoms with Crippen molar-refractivity contribution in [1.29, 1.82) is 0 Å². The van der Waals surface area contributed by atoms with Crippen LogP contribution in [0.15, 0.2) is 103 Å². The van der Waals surface area contributed by atoms with Crippen molar-refractivity contribution >= 4 is 29.4 Å². The third-order valence-corrected chi connectivity index (χ3v) is 7.42. The highest BCUT2D eigenvalue weighted by Gasteiger charge is 2.48. The van der Waals surface area contributed by atoms with E-state index in [9.17, 15) is 32.3 Å². The fourth-order valence-corrected chi connectivity index (χ4v) is 5.01. The lowest BCUT2D eigenvalue weighted by Gasteiger charge is -2.31. The van der Waals surface area contributed by atoms with Gasteiger partial charge in [0.05, 0.1) is 12.0 Å². The Morgan fingerprint density at radius 2 is 1.26 bits per heavy atom. The van der Waals surface area contributed by atoms with Gasteiger partial charge in [0.1, 0.15) is 6.61 Å². The molecule has 0 fully saturated rings. The zero-order valence-electron chi connectivity index (χ0n) is 25.8. The Balaban J connectivity index is 1.45. The lowest BCUT2D eigenvalue weighted by molar-refractivity contribution is -0.150. The van der Waals surface area contributed by atoms with Crippen LogP contribution in [0.5, 0.6) is 0 Å². The molecule has 4 aromatic carbocycles. The standard InChI is InChI=1S/C36H34F3N3O5/c1-3-40-33(45)35(34(46)41-4-2,26-10-6-5-7-11-26)23-47-31(43)22-24-14-20-28(21-15-24)42-32(44)30-13-9-8-12-29(30)25-16-18-27(19-17-25)36(37,38)39/h5-21H,3-4,22-23H2,1-2H3,(H,40,45)(H,41,46)(H,42,44). The molecular formula is C36H34F3N3O5. The fraction of sp³-hybridized carbons (Fsp3) is 0.222. The molecule has 0 unspecified atom stereocenters. The zero-order valence-corrected chi connectivity index (χ0v) is 25.8. The molecule has 0 radical (unpaired) electrons. The van der Waals surface area contributed by atoms with E-state index >= 15 is 0 Å². The predicted octanol–water partition coefficient (Wildman–Crippen LogP) is 5.92. The Morgan fingerprint density at radius 3 is 1.83 bits per heavy atom. The number of hydrogen-bond donors (Lipinski definition) is 3. The summed E-state index contributed by atoms with van der Waals surface area (Å²) in [4.78, 5) is 52.7. The van der Waals surface area contributed by atoms with E-state index in [2.05, 4.69) is 16.0 Å². The highest BCUT2D eigenvalue weighted by molar-refractivity contribution is 6.11. The van der Waals surface area contributed by atoms with E-state index in [0.717, 1.165) is 12.1 Å². The van der Waals surface area contributed by atoms with Gasteiger partial charge in [-0.3, -0.25) is 19.2 Å². The summed E-state index contributed by atoms with van der Waals surface area (Å²) in [5.41, 5.74) is -0.0480. The lowest BCUT2D eigenvalue weighted by atomic mass is 9.79. The van der Waals surface area contributed by atoms with Crippen LogP contribution in [0.1, 0.15) is 40.9 Å². The normalized spacial score (nSPS) is 11.3. The molecule has 47 heavy (non-hydrogen) atoms. The molecule has 0 aliphatic carbocycles. The largest absolute Gasteiger partial charge is 0.463 e. The molecule has 0 spiro atoms. The van der Waals surface area contributed by atoms with Crippen molar-refractivity contribution in [3.8, 4) is 11.1 Å². The average molecular weight is 646 g/mol. The van der Waals surface area contributed by atoms with Gasteiger partial charge < -0.3 is 20.7 Å². The van der Waals surface area contributed by atoms with Crippen LogP contribution in [-0.2, 0) is 37.1 Å². The summed E-state index contributed by atoms with van der Waals surface area (Å²) in [6.07, 6.45) is -4.64. The van der Waals surface area contributed by atoms with E-state index in [4.69, 9.17) is 4.74 Å². The summed E-state index contributed by atoms with van der Waals surface area (Å²) in [5.74, 6) is -2.32. The van der Waals surface area contributed by atoms with Gasteiger partial charge >= 0.3 is 12.1 Å². The number of amides is 3. The Kier molecular flexibility index (Phi) is 11.1. The number of esters is 1. The van der Waals surface area contributed by atoms with Gasteiger partial charge in [0.25, 0.3) is 5.91 Å². The SMILES string of the molecule is CCNC(=O)C(COC(=O)Cc1ccc(NC(=O)c2ccccc2-c2ccc(C(F)(F)F)cc2)cc1)(C(=O)NCC)c1ccccc1. The monoisotopic (exact) mass is 645 g/mol. The van der Waals surface area contributed by atoms with Crippen LogP contribution in [0, 0.1) is 0 Å². The maximum absolute atomic E-state index is 13.3. The highest BCUT2D eigenvalue weighted by atomic mass is 19.4. The molecule has 244 valence electrons. The maximum Gasteiger partial charge on any atom is 0.416 e. The number of alkyl halides is 3. The summed E-state index contributed by atoms with van der Waals surface area (Å²) in [7, 11) is 0. The highest BCUT2D eigenvalue weighted by Crippen LogP contribution is 2.32. The molecule has 0 bridgehead atoms. The van der Waals surface area contributed by atoms with E-state index in [1.807, 2.05) is 0 Å². The van der Waals surface area contributed by atoms with E-state index < -0.39 is 47.5 Å². The molecule has 0 aromatic heterocycles. The summed E-state index contributed by atoms with van der Waals surface area (Å²) in [6, 6.07) is 26.0. The van der Waals surface area contributed by atoms with Gasteiger partial charge in [-0.1, -0.05) is 72.8 Å². The minimum absolute atomic E-state index is 0.166. The van der Waals surface area contributed by atoms with Gasteiger partial charge in [0.2, 0.25) is 11.8 Å². The van der Waals surface area contributed by atoms with Crippen molar-refractivity contribution < 1.29 is 37.1 Å². The number of rotatable bonds is 12. The molecule has 0 atom stereocenters. The molecule has 3 N–H and O–H groups in total. The second-order valence-corrected chi connectivity index (χ2v) is 10.6. The van der Waals surface area contributed by atoms with Gasteiger partial charge in [-0.25, -0.2) is 0 Å². The number of anilines is 1. The fourth-order valence-electron chi connectivity index (χ4n) is 5.01. The second kappa shape index (κ2) is 15.2. The summed E-state index contributed by atoms with van der Waals surface area (Å²) in [6.45, 7) is 3.47. The number of halogens is 3. The first-order chi connectivity index (χ1) is 22.5. The van der Waals surface area contributed by atoms with Gasteiger partial charge in [-0.2, -0.15) is 13.2 Å².